The van der Waals surface area contributed by atoms with Crippen molar-refractivity contribution in [1.82, 2.24) is 14.5 Å². The fourth-order valence-corrected chi connectivity index (χ4v) is 4.17. The SMILES string of the molecule is CC(C)(C)CCNC(=O)N1CCN(S(=O)(=O)c2ccc(OC(F)(F)F)cc2)CC1. The van der Waals surface area contributed by atoms with Crippen molar-refractivity contribution in [3.63, 3.8) is 0 Å². The predicted molar refractivity (Wildman–Crippen MR) is 101 cm³/mol. The molecule has 7 nitrogen and oxygen atoms in total. The van der Waals surface area contributed by atoms with Gasteiger partial charge in [-0.15, -0.1) is 13.2 Å². The maximum atomic E-state index is 12.7. The van der Waals surface area contributed by atoms with Gasteiger partial charge in [0.25, 0.3) is 0 Å². The van der Waals surface area contributed by atoms with Gasteiger partial charge in [0.2, 0.25) is 10.0 Å². The highest BCUT2D eigenvalue weighted by Crippen LogP contribution is 2.25. The Balaban J connectivity index is 1.91. The highest BCUT2D eigenvalue weighted by Gasteiger charge is 2.32. The molecule has 164 valence electrons. The molecule has 1 heterocycles. The Kier molecular flexibility index (Phi) is 7.05. The van der Waals surface area contributed by atoms with Crippen molar-refractivity contribution >= 4 is 16.1 Å². The van der Waals surface area contributed by atoms with Crippen molar-refractivity contribution in [2.45, 2.75) is 38.4 Å². The molecule has 2 rings (SSSR count). The van der Waals surface area contributed by atoms with Crippen molar-refractivity contribution in [3.8, 4) is 5.75 Å². The zero-order valence-electron chi connectivity index (χ0n) is 16.6. The van der Waals surface area contributed by atoms with Crippen LogP contribution < -0.4 is 10.1 Å². The Morgan fingerprint density at radius 3 is 2.10 bits per heavy atom. The minimum Gasteiger partial charge on any atom is -0.406 e. The van der Waals surface area contributed by atoms with Crippen LogP contribution >= 0.6 is 0 Å². The predicted octanol–water partition coefficient (Wildman–Crippen LogP) is 3.04. The lowest BCUT2D eigenvalue weighted by atomic mass is 9.92. The first-order chi connectivity index (χ1) is 13.3. The number of carbonyl (C=O) groups excluding carboxylic acids is 1. The molecule has 1 aliphatic heterocycles. The zero-order valence-corrected chi connectivity index (χ0v) is 17.4. The van der Waals surface area contributed by atoms with Gasteiger partial charge < -0.3 is 15.0 Å². The highest BCUT2D eigenvalue weighted by atomic mass is 32.2. The molecular formula is C18H26F3N3O4S. The van der Waals surface area contributed by atoms with E-state index in [-0.39, 0.29) is 42.5 Å². The quantitative estimate of drug-likeness (QED) is 0.768. The van der Waals surface area contributed by atoms with E-state index in [2.05, 4.69) is 30.8 Å². The molecule has 1 aromatic rings. The number of nitrogens with one attached hydrogen (secondary N) is 1. The zero-order chi connectivity index (χ0) is 21.9. The topological polar surface area (TPSA) is 79.0 Å². The number of hydrogen-bond donors (Lipinski definition) is 1. The second kappa shape index (κ2) is 8.78. The van der Waals surface area contributed by atoms with Gasteiger partial charge in [0.05, 0.1) is 4.90 Å². The van der Waals surface area contributed by atoms with E-state index in [0.717, 1.165) is 30.7 Å². The molecule has 1 N–H and O–H groups in total. The Labute approximate surface area is 168 Å². The molecule has 11 heteroatoms. The van der Waals surface area contributed by atoms with E-state index in [0.29, 0.717) is 6.54 Å². The van der Waals surface area contributed by atoms with Gasteiger partial charge in [-0.2, -0.15) is 4.31 Å². The van der Waals surface area contributed by atoms with Crippen LogP contribution in [-0.4, -0.2) is 62.7 Å². The van der Waals surface area contributed by atoms with Gasteiger partial charge in [0.1, 0.15) is 5.75 Å². The van der Waals surface area contributed by atoms with Crippen LogP contribution in [0.5, 0.6) is 5.75 Å². The Morgan fingerprint density at radius 1 is 1.07 bits per heavy atom. The first-order valence-electron chi connectivity index (χ1n) is 9.17. The summed E-state index contributed by atoms with van der Waals surface area (Å²) in [4.78, 5) is 13.6. The number of rotatable bonds is 5. The highest BCUT2D eigenvalue weighted by molar-refractivity contribution is 7.89. The molecule has 1 aliphatic rings. The van der Waals surface area contributed by atoms with Crippen LogP contribution in [0.1, 0.15) is 27.2 Å². The summed E-state index contributed by atoms with van der Waals surface area (Å²) in [6.45, 7) is 7.43. The number of alkyl halides is 3. The molecule has 0 bridgehead atoms. The van der Waals surface area contributed by atoms with Crippen molar-refractivity contribution in [2.75, 3.05) is 32.7 Å². The first kappa shape index (κ1) is 23.3. The van der Waals surface area contributed by atoms with Crippen LogP contribution in [0.15, 0.2) is 29.2 Å². The number of hydrogen-bond acceptors (Lipinski definition) is 4. The number of nitrogens with zero attached hydrogens (tertiary/aromatic N) is 2. The third kappa shape index (κ3) is 7.07. The van der Waals surface area contributed by atoms with Crippen LogP contribution in [0.2, 0.25) is 0 Å². The van der Waals surface area contributed by atoms with Crippen molar-refractivity contribution in [1.29, 1.82) is 0 Å². The van der Waals surface area contributed by atoms with Gasteiger partial charge in [-0.25, -0.2) is 13.2 Å². The van der Waals surface area contributed by atoms with E-state index in [4.69, 9.17) is 0 Å². The third-order valence-corrected chi connectivity index (χ3v) is 6.29. The fraction of sp³-hybridized carbons (Fsp3) is 0.611. The summed E-state index contributed by atoms with van der Waals surface area (Å²) in [5, 5.41) is 2.83. The molecule has 0 spiro atoms. The summed E-state index contributed by atoms with van der Waals surface area (Å²) in [5.74, 6) is -0.492. The Bertz CT molecular complexity index is 797. The standard InChI is InChI=1S/C18H26F3N3O4S/c1-17(2,3)8-9-22-16(25)23-10-12-24(13-11-23)29(26,27)15-6-4-14(5-7-15)28-18(19,20)21/h4-7H,8-13H2,1-3H3,(H,22,25). The summed E-state index contributed by atoms with van der Waals surface area (Å²) in [5.41, 5.74) is 0.0980. The lowest BCUT2D eigenvalue weighted by Crippen LogP contribution is -2.53. The molecule has 1 fully saturated rings. The molecule has 0 saturated carbocycles. The molecule has 29 heavy (non-hydrogen) atoms. The molecule has 0 radical (unpaired) electrons. The third-order valence-electron chi connectivity index (χ3n) is 4.37. The molecule has 2 amide bonds. The molecule has 0 unspecified atom stereocenters. The van der Waals surface area contributed by atoms with Crippen LogP contribution in [0.25, 0.3) is 0 Å². The molecule has 0 atom stereocenters. The summed E-state index contributed by atoms with van der Waals surface area (Å²) < 4.78 is 67.0. The van der Waals surface area contributed by atoms with Gasteiger partial charge in [-0.05, 0) is 36.1 Å². The van der Waals surface area contributed by atoms with Gasteiger partial charge >= 0.3 is 12.4 Å². The second-order valence-electron chi connectivity index (χ2n) is 7.95. The maximum Gasteiger partial charge on any atom is 0.573 e. The van der Waals surface area contributed by atoms with E-state index >= 15 is 0 Å². The maximum absolute atomic E-state index is 12.7. The minimum absolute atomic E-state index is 0.0980. The lowest BCUT2D eigenvalue weighted by Gasteiger charge is -2.34. The Hall–Kier alpha value is -2.01. The number of benzene rings is 1. The number of halogens is 3. The van der Waals surface area contributed by atoms with E-state index < -0.39 is 22.1 Å². The number of ether oxygens (including phenoxy) is 1. The van der Waals surface area contributed by atoms with Gasteiger partial charge in [-0.3, -0.25) is 0 Å². The molecule has 0 aliphatic carbocycles. The first-order valence-corrected chi connectivity index (χ1v) is 10.6. The Morgan fingerprint density at radius 2 is 1.62 bits per heavy atom. The van der Waals surface area contributed by atoms with E-state index in [1.807, 2.05) is 0 Å². The number of piperazine rings is 1. The number of carbonyl (C=O) groups is 1. The van der Waals surface area contributed by atoms with E-state index in [1.54, 1.807) is 4.90 Å². The average Bonchev–Trinajstić information content (AvgIpc) is 2.60. The van der Waals surface area contributed by atoms with Crippen molar-refractivity contribution in [2.24, 2.45) is 5.41 Å². The molecular weight excluding hydrogens is 411 g/mol. The smallest absolute Gasteiger partial charge is 0.406 e. The van der Waals surface area contributed by atoms with Gasteiger partial charge in [-0.1, -0.05) is 20.8 Å². The number of urea groups is 1. The van der Waals surface area contributed by atoms with Gasteiger partial charge in [0.15, 0.2) is 0 Å². The minimum atomic E-state index is -4.84. The van der Waals surface area contributed by atoms with Crippen LogP contribution in [-0.2, 0) is 10.0 Å². The molecule has 1 aromatic carbocycles. The number of sulfonamides is 1. The van der Waals surface area contributed by atoms with Crippen LogP contribution in [0.3, 0.4) is 0 Å². The normalized spacial score (nSPS) is 16.6. The van der Waals surface area contributed by atoms with Crippen LogP contribution in [0, 0.1) is 5.41 Å². The fourth-order valence-electron chi connectivity index (χ4n) is 2.75. The molecule has 0 aromatic heterocycles. The van der Waals surface area contributed by atoms with E-state index in [9.17, 15) is 26.4 Å². The van der Waals surface area contributed by atoms with E-state index in [1.165, 1.54) is 4.31 Å². The second-order valence-corrected chi connectivity index (χ2v) is 9.89. The number of amides is 2. The van der Waals surface area contributed by atoms with Gasteiger partial charge in [0, 0.05) is 32.7 Å². The summed E-state index contributed by atoms with van der Waals surface area (Å²) >= 11 is 0. The average molecular weight is 437 g/mol. The van der Waals surface area contributed by atoms with Crippen molar-refractivity contribution < 1.29 is 31.1 Å². The van der Waals surface area contributed by atoms with Crippen molar-refractivity contribution in [3.05, 3.63) is 24.3 Å². The van der Waals surface area contributed by atoms with Crippen LogP contribution in [0.4, 0.5) is 18.0 Å². The summed E-state index contributed by atoms with van der Waals surface area (Å²) in [6, 6.07) is 3.82. The summed E-state index contributed by atoms with van der Waals surface area (Å²) in [7, 11) is -3.87. The molecule has 1 saturated heterocycles. The largest absolute Gasteiger partial charge is 0.573 e. The lowest BCUT2D eigenvalue weighted by molar-refractivity contribution is -0.274. The monoisotopic (exact) mass is 437 g/mol. The summed E-state index contributed by atoms with van der Waals surface area (Å²) in [6.07, 6.45) is -4.02.